The van der Waals surface area contributed by atoms with Crippen LogP contribution in [0.3, 0.4) is 0 Å². The Kier molecular flexibility index (Phi) is 6.03. The Morgan fingerprint density at radius 3 is 2.52 bits per heavy atom. The number of rotatable bonds is 7. The lowest BCUT2D eigenvalue weighted by Gasteiger charge is -2.56. The summed E-state index contributed by atoms with van der Waals surface area (Å²) in [6.07, 6.45) is 8.90. The fourth-order valence-corrected chi connectivity index (χ4v) is 7.26. The summed E-state index contributed by atoms with van der Waals surface area (Å²) in [5.41, 5.74) is 1.99. The van der Waals surface area contributed by atoms with Gasteiger partial charge in [-0.25, -0.2) is 4.79 Å². The van der Waals surface area contributed by atoms with Gasteiger partial charge in [0.1, 0.15) is 0 Å². The number of benzene rings is 1. The molecule has 0 atom stereocenters. The zero-order valence-corrected chi connectivity index (χ0v) is 19.9. The first-order chi connectivity index (χ1) is 15.9. The van der Waals surface area contributed by atoms with Gasteiger partial charge in [-0.2, -0.15) is 0 Å². The van der Waals surface area contributed by atoms with E-state index in [1.54, 1.807) is 6.08 Å². The molecule has 8 heteroatoms. The number of nitrogens with zero attached hydrogens (tertiary/aromatic N) is 3. The van der Waals surface area contributed by atoms with Crippen LogP contribution in [0.25, 0.3) is 11.4 Å². The second-order valence-electron chi connectivity index (χ2n) is 10.1. The Balaban J connectivity index is 1.19. The van der Waals surface area contributed by atoms with Crippen molar-refractivity contribution in [2.45, 2.75) is 62.7 Å². The molecule has 1 heterocycles. The summed E-state index contributed by atoms with van der Waals surface area (Å²) in [5, 5.41) is 15.0. The van der Waals surface area contributed by atoms with Gasteiger partial charge in [0, 0.05) is 17.6 Å². The van der Waals surface area contributed by atoms with Crippen LogP contribution in [-0.4, -0.2) is 38.0 Å². The SMILES string of the molecule is C=CCn1c(SCC(=O)NC(=O)NC23CC4CC(CC(C4)C2)C3)nnc1-c1cccc(C)c1. The molecule has 4 aliphatic carbocycles. The number of thioether (sulfide) groups is 1. The van der Waals surface area contributed by atoms with E-state index in [1.807, 2.05) is 29.7 Å². The monoisotopic (exact) mass is 465 g/mol. The standard InChI is InChI=1S/C25H31N5O2S/c1-3-7-30-22(20-6-4-5-16(2)8-20)28-29-24(30)33-15-21(31)26-23(32)27-25-12-17-9-18(13-25)11-19(10-17)14-25/h3-6,8,17-19H,1,7,9-15H2,2H3,(H2,26,27,31,32). The maximum atomic E-state index is 12.6. The summed E-state index contributed by atoms with van der Waals surface area (Å²) >= 11 is 1.28. The average molecular weight is 466 g/mol. The fraction of sp³-hybridized carbons (Fsp3) is 0.520. The van der Waals surface area contributed by atoms with Crippen LogP contribution in [0.1, 0.15) is 44.1 Å². The smallest absolute Gasteiger partial charge is 0.321 e. The summed E-state index contributed by atoms with van der Waals surface area (Å²) in [7, 11) is 0. The van der Waals surface area contributed by atoms with Gasteiger partial charge in [0.05, 0.1) is 5.75 Å². The van der Waals surface area contributed by atoms with E-state index in [4.69, 9.17) is 0 Å². The number of carbonyl (C=O) groups excluding carboxylic acids is 2. The first kappa shape index (κ1) is 22.2. The van der Waals surface area contributed by atoms with Crippen LogP contribution in [0.4, 0.5) is 4.79 Å². The van der Waals surface area contributed by atoms with Gasteiger partial charge in [-0.1, -0.05) is 41.6 Å². The highest BCUT2D eigenvalue weighted by atomic mass is 32.2. The lowest BCUT2D eigenvalue weighted by molar-refractivity contribution is -0.117. The van der Waals surface area contributed by atoms with Gasteiger partial charge in [-0.05, 0) is 69.3 Å². The number of nitrogens with one attached hydrogen (secondary N) is 2. The number of imide groups is 1. The minimum absolute atomic E-state index is 0.0946. The molecule has 2 N–H and O–H groups in total. The molecule has 0 radical (unpaired) electrons. The van der Waals surface area contributed by atoms with E-state index in [2.05, 4.69) is 33.5 Å². The van der Waals surface area contributed by atoms with Gasteiger partial charge in [0.25, 0.3) is 0 Å². The predicted octanol–water partition coefficient (Wildman–Crippen LogP) is 4.33. The van der Waals surface area contributed by atoms with E-state index in [-0.39, 0.29) is 23.2 Å². The summed E-state index contributed by atoms with van der Waals surface area (Å²) in [6.45, 7) is 6.40. The maximum Gasteiger partial charge on any atom is 0.321 e. The zero-order valence-electron chi connectivity index (χ0n) is 19.0. The topological polar surface area (TPSA) is 88.9 Å². The van der Waals surface area contributed by atoms with E-state index >= 15 is 0 Å². The molecule has 4 fully saturated rings. The zero-order chi connectivity index (χ0) is 23.0. The lowest BCUT2D eigenvalue weighted by Crippen LogP contribution is -2.61. The molecule has 4 aliphatic rings. The molecule has 33 heavy (non-hydrogen) atoms. The fourth-order valence-electron chi connectivity index (χ4n) is 6.52. The normalized spacial score (nSPS) is 27.4. The third-order valence-electron chi connectivity index (χ3n) is 7.31. The molecule has 6 rings (SSSR count). The highest BCUT2D eigenvalue weighted by Gasteiger charge is 2.51. The van der Waals surface area contributed by atoms with Crippen LogP contribution in [0.2, 0.25) is 0 Å². The maximum absolute atomic E-state index is 12.6. The van der Waals surface area contributed by atoms with Crippen molar-refractivity contribution >= 4 is 23.7 Å². The second-order valence-corrected chi connectivity index (χ2v) is 11.0. The largest absolute Gasteiger partial charge is 0.332 e. The average Bonchev–Trinajstić information content (AvgIpc) is 3.13. The van der Waals surface area contributed by atoms with Crippen molar-refractivity contribution in [2.24, 2.45) is 17.8 Å². The van der Waals surface area contributed by atoms with Gasteiger partial charge < -0.3 is 5.32 Å². The van der Waals surface area contributed by atoms with Crippen LogP contribution in [-0.2, 0) is 11.3 Å². The van der Waals surface area contributed by atoms with Crippen molar-refractivity contribution < 1.29 is 9.59 Å². The highest BCUT2D eigenvalue weighted by molar-refractivity contribution is 7.99. The lowest BCUT2D eigenvalue weighted by atomic mass is 9.53. The molecule has 0 unspecified atom stereocenters. The third kappa shape index (κ3) is 4.71. The Morgan fingerprint density at radius 1 is 1.18 bits per heavy atom. The third-order valence-corrected chi connectivity index (χ3v) is 8.27. The first-order valence-corrected chi connectivity index (χ1v) is 12.8. The molecule has 1 aromatic heterocycles. The first-order valence-electron chi connectivity index (χ1n) is 11.8. The van der Waals surface area contributed by atoms with Gasteiger partial charge in [-0.3, -0.25) is 14.7 Å². The molecule has 174 valence electrons. The van der Waals surface area contributed by atoms with Gasteiger partial charge in [0.2, 0.25) is 5.91 Å². The van der Waals surface area contributed by atoms with Crippen molar-refractivity contribution in [2.75, 3.05) is 5.75 Å². The van der Waals surface area contributed by atoms with E-state index in [9.17, 15) is 9.59 Å². The van der Waals surface area contributed by atoms with Crippen molar-refractivity contribution in [3.8, 4) is 11.4 Å². The molecule has 0 aliphatic heterocycles. The molecule has 4 saturated carbocycles. The number of hydrogen-bond donors (Lipinski definition) is 2. The van der Waals surface area contributed by atoms with Crippen LogP contribution in [0, 0.1) is 24.7 Å². The Bertz CT molecular complexity index is 1040. The summed E-state index contributed by atoms with van der Waals surface area (Å²) in [4.78, 5) is 25.2. The Morgan fingerprint density at radius 2 is 1.88 bits per heavy atom. The van der Waals surface area contributed by atoms with Gasteiger partial charge in [-0.15, -0.1) is 16.8 Å². The second kappa shape index (κ2) is 8.97. The summed E-state index contributed by atoms with van der Waals surface area (Å²) in [6, 6.07) is 7.70. The predicted molar refractivity (Wildman–Crippen MR) is 129 cm³/mol. The quantitative estimate of drug-likeness (QED) is 0.469. The highest BCUT2D eigenvalue weighted by Crippen LogP contribution is 2.55. The van der Waals surface area contributed by atoms with Crippen molar-refractivity contribution in [1.29, 1.82) is 0 Å². The molecule has 3 amide bonds. The Labute approximate surface area is 198 Å². The number of allylic oxidation sites excluding steroid dienone is 1. The molecule has 0 spiro atoms. The summed E-state index contributed by atoms with van der Waals surface area (Å²) < 4.78 is 1.94. The van der Waals surface area contributed by atoms with E-state index in [0.29, 0.717) is 11.7 Å². The molecule has 1 aromatic carbocycles. The van der Waals surface area contributed by atoms with Crippen LogP contribution >= 0.6 is 11.8 Å². The van der Waals surface area contributed by atoms with Crippen molar-refractivity contribution in [3.05, 3.63) is 42.5 Å². The van der Waals surface area contributed by atoms with E-state index in [0.717, 1.165) is 54.0 Å². The number of aromatic nitrogens is 3. The van der Waals surface area contributed by atoms with Crippen molar-refractivity contribution in [1.82, 2.24) is 25.4 Å². The molecule has 7 nitrogen and oxygen atoms in total. The molecule has 2 aromatic rings. The molecule has 0 saturated heterocycles. The van der Waals surface area contributed by atoms with E-state index in [1.165, 1.54) is 31.0 Å². The van der Waals surface area contributed by atoms with Crippen LogP contribution in [0.15, 0.2) is 42.1 Å². The Hall–Kier alpha value is -2.61. The molecule has 4 bridgehead atoms. The number of aryl methyl sites for hydroxylation is 1. The molecular weight excluding hydrogens is 434 g/mol. The summed E-state index contributed by atoms with van der Waals surface area (Å²) in [5.74, 6) is 2.72. The van der Waals surface area contributed by atoms with Crippen LogP contribution < -0.4 is 10.6 Å². The minimum Gasteiger partial charge on any atom is -0.332 e. The van der Waals surface area contributed by atoms with Gasteiger partial charge >= 0.3 is 6.03 Å². The molecular formula is C25H31N5O2S. The number of urea groups is 1. The van der Waals surface area contributed by atoms with Gasteiger partial charge in [0.15, 0.2) is 11.0 Å². The number of hydrogen-bond acceptors (Lipinski definition) is 5. The van der Waals surface area contributed by atoms with Crippen LogP contribution in [0.5, 0.6) is 0 Å². The van der Waals surface area contributed by atoms with E-state index < -0.39 is 0 Å². The minimum atomic E-state index is -0.365. The number of carbonyl (C=O) groups is 2. The van der Waals surface area contributed by atoms with Crippen molar-refractivity contribution in [3.63, 3.8) is 0 Å². The number of amides is 3.